The largest absolute Gasteiger partial charge is 0.465 e. The van der Waals surface area contributed by atoms with Crippen molar-refractivity contribution in [2.45, 2.75) is 218 Å². The molecule has 36 nitrogen and oxygen atoms in total. The first-order valence-electron chi connectivity index (χ1n) is 46.5. The number of H-pyrrole nitrogens is 5. The minimum Gasteiger partial charge on any atom is -0.465 e. The number of nitrogens with zero attached hydrogens (tertiary/aromatic N) is 10. The molecule has 0 radical (unpaired) electrons. The Kier molecular flexibility index (Phi) is 28.4. The first kappa shape index (κ1) is 96.7. The van der Waals surface area contributed by atoms with Crippen LogP contribution < -0.4 is 25.8 Å². The van der Waals surface area contributed by atoms with Crippen LogP contribution in [-0.2, 0) is 50.6 Å². The van der Waals surface area contributed by atoms with Gasteiger partial charge in [0, 0.05) is 79.2 Å². The van der Waals surface area contributed by atoms with Crippen molar-refractivity contribution in [3.8, 4) is 55.6 Å². The number of hydrogen-bond donors (Lipinski definition) is 10. The number of nitrogens with two attached hydrogens (primary N) is 1. The molecule has 726 valence electrons. The Morgan fingerprint density at radius 2 is 0.899 bits per heavy atom. The van der Waals surface area contributed by atoms with E-state index in [9.17, 15) is 34.8 Å². The molecule has 0 atom stereocenters. The van der Waals surface area contributed by atoms with E-state index in [-0.39, 0.29) is 50.4 Å². The van der Waals surface area contributed by atoms with Gasteiger partial charge in [0.2, 0.25) is 31.9 Å². The molecule has 11 N–H and O–H groups in total. The molecular formula is C98H114N20O16S4. The van der Waals surface area contributed by atoms with Crippen LogP contribution in [0.3, 0.4) is 0 Å². The normalized spacial score (nSPS) is 14.9. The maximum absolute atomic E-state index is 13.5. The molecule has 6 aromatic carbocycles. The summed E-state index contributed by atoms with van der Waals surface area (Å²) < 4.78 is 130. The van der Waals surface area contributed by atoms with E-state index in [0.29, 0.717) is 138 Å². The van der Waals surface area contributed by atoms with Crippen LogP contribution in [0.4, 0.5) is 17.8 Å². The Morgan fingerprint density at radius 3 is 1.37 bits per heavy atom. The summed E-state index contributed by atoms with van der Waals surface area (Å²) in [5, 5.41) is 26.6. The number of sulfonamides is 2. The van der Waals surface area contributed by atoms with Gasteiger partial charge in [-0.3, -0.25) is 0 Å². The molecular weight excluding hydrogens is 1840 g/mol. The van der Waals surface area contributed by atoms with E-state index >= 15 is 0 Å². The lowest BCUT2D eigenvalue weighted by Gasteiger charge is -2.14. The van der Waals surface area contributed by atoms with E-state index in [1.807, 2.05) is 118 Å². The maximum atomic E-state index is 13.5. The molecule has 5 aliphatic carbocycles. The summed E-state index contributed by atoms with van der Waals surface area (Å²) in [6.07, 6.45) is 17.4. The van der Waals surface area contributed by atoms with Gasteiger partial charge in [-0.2, -0.15) is 0 Å². The number of esters is 2. The van der Waals surface area contributed by atoms with Gasteiger partial charge >= 0.3 is 11.9 Å². The van der Waals surface area contributed by atoms with Crippen molar-refractivity contribution in [1.29, 1.82) is 0 Å². The number of sulfone groups is 1. The van der Waals surface area contributed by atoms with Crippen LogP contribution >= 0.6 is 12.2 Å². The molecule has 10 aromatic heterocycles. The van der Waals surface area contributed by atoms with Gasteiger partial charge in [-0.25, -0.2) is 64.2 Å². The average molecular weight is 1960 g/mol. The smallest absolute Gasteiger partial charge is 0.340 e. The number of aromatic amines is 5. The molecule has 16 aromatic rings. The number of aryl methyl sites for hydroxylation is 10. The van der Waals surface area contributed by atoms with Gasteiger partial charge in [-0.05, 0) is 258 Å². The Balaban J connectivity index is 0.000000120. The van der Waals surface area contributed by atoms with Crippen LogP contribution in [-0.4, -0.2) is 171 Å². The van der Waals surface area contributed by atoms with Crippen molar-refractivity contribution >= 4 is 127 Å². The van der Waals surface area contributed by atoms with Crippen LogP contribution in [0.25, 0.3) is 111 Å². The molecule has 0 spiro atoms. The van der Waals surface area contributed by atoms with E-state index in [1.165, 1.54) is 32.6 Å². The highest BCUT2D eigenvalue weighted by Crippen LogP contribution is 2.45. The Hall–Kier alpha value is -13.0. The zero-order chi connectivity index (χ0) is 97.3. The number of ether oxygens (including phenoxy) is 3. The molecule has 138 heavy (non-hydrogen) atoms. The molecule has 0 saturated heterocycles. The number of aromatic nitrogens is 15. The summed E-state index contributed by atoms with van der Waals surface area (Å²) in [4.78, 5) is 59.0. The lowest BCUT2D eigenvalue weighted by molar-refractivity contribution is 0.0594. The summed E-state index contributed by atoms with van der Waals surface area (Å²) in [5.41, 5.74) is 25.7. The number of methoxy groups -OCH3 is 3. The van der Waals surface area contributed by atoms with Crippen molar-refractivity contribution in [3.63, 3.8) is 0 Å². The van der Waals surface area contributed by atoms with Gasteiger partial charge < -0.3 is 82.7 Å². The van der Waals surface area contributed by atoms with Gasteiger partial charge in [0.05, 0.1) is 97.6 Å². The molecule has 40 heteroatoms. The van der Waals surface area contributed by atoms with Crippen LogP contribution in [0.2, 0.25) is 0 Å². The van der Waals surface area contributed by atoms with Gasteiger partial charge in [-0.15, -0.1) is 0 Å². The molecule has 0 unspecified atom stereocenters. The summed E-state index contributed by atoms with van der Waals surface area (Å²) in [6.45, 7) is 21.3. The zero-order valence-electron chi connectivity index (χ0n) is 79.3. The van der Waals surface area contributed by atoms with E-state index in [1.54, 1.807) is 31.4 Å². The third kappa shape index (κ3) is 21.0. The standard InChI is InChI=1S/C24H23N3O3.C22H30N4O4S.C21H27N5O3S.C17H20N4O3S2.C14H14N4O3/c1-14-21(15(2)30-26-14)18-11-19(24(28)29-3)22-20(12-18)27(23(25-22)17-9-10-17)13-16-7-5-4-6-8-16;1-14-20(15(2)30-26-14)17-11-18-21(25-22(24-18)23-9-6-10-29-3)19(12-17)31(27,28)13-16-7-4-5-8-16;1-12-19(13(2)29-25-12)15-9-17-20(24-21(23-17)22-11-14-7-8-14)18(10-15)30(27,28)26-16-5-3-4-6-16;1-9-15(10(2)24-20-9)11-7-13-16(19-17(25)18-13)14(8-11)26(22,23)21-12-5-3-4-6-12;1-6-11(7(2)21-18-6)8-4-9(13(19)20-3)12-10(5-8)16-14(15)17-12/h4-8,11-12,17H,9-10,13H2,1-3H3;11-12,16H,4-10,13H2,1-3H3,(H2,23,24,25);9-10,14,16,26H,3-8,11H2,1-2H3,(H2,22,23,24);7-8,12,21H,3-6H2,1-2H3,(H2,18,19,25);4-5H,1-3H3,(H3,15,16,17). The monoisotopic (exact) mass is 1950 g/mol. The Morgan fingerprint density at radius 1 is 0.464 bits per heavy atom. The first-order chi connectivity index (χ1) is 66.2. The van der Waals surface area contributed by atoms with Crippen LogP contribution in [0.5, 0.6) is 0 Å². The molecule has 21 rings (SSSR count). The number of benzene rings is 6. The molecule has 5 saturated carbocycles. The number of hydrogen-bond acceptors (Lipinski definition) is 29. The number of nitrogens with one attached hydrogen (secondary N) is 9. The van der Waals surface area contributed by atoms with Crippen molar-refractivity contribution < 1.29 is 71.7 Å². The quantitative estimate of drug-likeness (QED) is 0.0130. The van der Waals surface area contributed by atoms with E-state index in [4.69, 9.17) is 59.8 Å². The highest BCUT2D eigenvalue weighted by atomic mass is 32.2. The van der Waals surface area contributed by atoms with Crippen LogP contribution in [0, 0.1) is 85.8 Å². The van der Waals surface area contributed by atoms with Gasteiger partial charge in [-0.1, -0.05) is 94.6 Å². The number of rotatable bonds is 27. The highest BCUT2D eigenvalue weighted by Gasteiger charge is 2.36. The number of anilines is 3. The second-order valence-electron chi connectivity index (χ2n) is 36.4. The minimum atomic E-state index is -3.73. The summed E-state index contributed by atoms with van der Waals surface area (Å²) in [5.74, 6) is 6.43. The first-order valence-corrected chi connectivity index (χ1v) is 51.5. The molecule has 10 heterocycles. The Bertz CT molecular complexity index is 7560. The zero-order valence-corrected chi connectivity index (χ0v) is 82.6. The van der Waals surface area contributed by atoms with Gasteiger partial charge in [0.25, 0.3) is 0 Å². The fourth-order valence-electron chi connectivity index (χ4n) is 19.0. The number of nitrogen functional groups attached to an aromatic ring is 1. The SMILES string of the molecule is COC(=O)c1cc(-c2c(C)noc2C)cc2[nH]c(N)nc12.COC(=O)c1cc(-c2c(C)noc2C)cc2c1nc(C1CC1)n2Cc1ccccc1.COCCCNc1nc2c(S(=O)(=O)CC3CCCC3)cc(-c3c(C)noc3C)cc2[nH]1.Cc1noc(C)c1-c1cc(S(=O)(=O)NC2CCCC2)c2[nH]c(=S)[nH]c2c1.Cc1noc(C)c1-c1cc(S(=O)(=O)NC2CCCC2)c2nc(NCC3CC3)[nH]c2c1. The average Bonchev–Trinajstić information content (AvgIpc) is 1.59. The molecule has 0 amide bonds. The van der Waals surface area contributed by atoms with E-state index < -0.39 is 35.9 Å². The second-order valence-corrected chi connectivity index (χ2v) is 42.1. The predicted molar refractivity (Wildman–Crippen MR) is 526 cm³/mol. The van der Waals surface area contributed by atoms with E-state index in [2.05, 4.69) is 108 Å². The van der Waals surface area contributed by atoms with Gasteiger partial charge in [0.1, 0.15) is 66.5 Å². The second kappa shape index (κ2) is 40.6. The Labute approximate surface area is 802 Å². The summed E-state index contributed by atoms with van der Waals surface area (Å²) in [6, 6.07) is 28.6. The fraction of sp³-hybridized carbons (Fsp3) is 0.408. The number of carbonyl (C=O) groups excluding carboxylic acids is 2. The molecule has 0 bridgehead atoms. The van der Waals surface area contributed by atoms with Crippen LogP contribution in [0.15, 0.2) is 128 Å². The lowest BCUT2D eigenvalue weighted by atomic mass is 10.00. The van der Waals surface area contributed by atoms with E-state index in [0.717, 1.165) is 198 Å². The highest BCUT2D eigenvalue weighted by molar-refractivity contribution is 7.91. The summed E-state index contributed by atoms with van der Waals surface area (Å²) in [7, 11) is -6.53. The number of imidazole rings is 5. The lowest BCUT2D eigenvalue weighted by Crippen LogP contribution is -2.32. The van der Waals surface area contributed by atoms with Crippen molar-refractivity contribution in [3.05, 3.63) is 176 Å². The third-order valence-electron chi connectivity index (χ3n) is 26.0. The predicted octanol–water partition coefficient (Wildman–Crippen LogP) is 19.1. The van der Waals surface area contributed by atoms with Crippen molar-refractivity contribution in [2.24, 2.45) is 11.8 Å². The molecule has 5 aliphatic rings. The summed E-state index contributed by atoms with van der Waals surface area (Å²) >= 11 is 5.18. The van der Waals surface area contributed by atoms with Crippen molar-refractivity contribution in [2.75, 3.05) is 63.1 Å². The molecule has 0 aliphatic heterocycles. The van der Waals surface area contributed by atoms with Gasteiger partial charge in [0.15, 0.2) is 20.6 Å². The fourth-order valence-corrected chi connectivity index (χ4v) is 24.1. The number of carbonyl (C=O) groups is 2. The molecule has 5 fully saturated rings. The minimum absolute atomic E-state index is 0.0142. The third-order valence-corrected chi connectivity index (χ3v) is 31.2. The van der Waals surface area contributed by atoms with Crippen LogP contribution in [0.1, 0.15) is 204 Å². The number of fused-ring (bicyclic) bond motifs is 5. The maximum Gasteiger partial charge on any atom is 0.340 e. The topological polar surface area (TPSA) is 504 Å². The van der Waals surface area contributed by atoms with Crippen molar-refractivity contribution in [1.82, 2.24) is 84.7 Å².